The molecule has 18 heavy (non-hydrogen) atoms. The zero-order valence-corrected chi connectivity index (χ0v) is 11.0. The lowest BCUT2D eigenvalue weighted by Crippen LogP contribution is -2.07. The van der Waals surface area contributed by atoms with Gasteiger partial charge in [-0.15, -0.1) is 0 Å². The smallest absolute Gasteiger partial charge is 0.207 e. The average molecular weight is 247 g/mol. The topological polar surface area (TPSA) is 29.9 Å². The van der Waals surface area contributed by atoms with Crippen LogP contribution in [0.25, 0.3) is 5.69 Å². The monoisotopic (exact) mass is 247 g/mol. The maximum atomic E-state index is 13.6. The zero-order chi connectivity index (χ0) is 13.1. The van der Waals surface area contributed by atoms with Crippen molar-refractivity contribution in [1.29, 1.82) is 0 Å². The molecule has 4 heteroatoms. The molecule has 0 radical (unpaired) electrons. The molecule has 0 spiro atoms. The molecular weight excluding hydrogens is 229 g/mol. The molecule has 3 nitrogen and oxygen atoms in total. The number of hydrogen-bond donors (Lipinski definition) is 1. The molecule has 0 aliphatic rings. The predicted octanol–water partition coefficient (Wildman–Crippen LogP) is 3.45. The van der Waals surface area contributed by atoms with Crippen molar-refractivity contribution in [3.8, 4) is 5.69 Å². The van der Waals surface area contributed by atoms with Crippen LogP contribution in [0.1, 0.15) is 24.6 Å². The van der Waals surface area contributed by atoms with Gasteiger partial charge < -0.3 is 5.32 Å². The normalized spacial score (nSPS) is 10.7. The predicted molar refractivity (Wildman–Crippen MR) is 71.8 cm³/mol. The van der Waals surface area contributed by atoms with Crippen LogP contribution in [0.2, 0.25) is 0 Å². The maximum Gasteiger partial charge on any atom is 0.207 e. The Kier molecular flexibility index (Phi) is 3.65. The van der Waals surface area contributed by atoms with Crippen molar-refractivity contribution >= 4 is 5.95 Å². The summed E-state index contributed by atoms with van der Waals surface area (Å²) in [4.78, 5) is 4.41. The van der Waals surface area contributed by atoms with Crippen molar-refractivity contribution in [2.75, 3.05) is 11.9 Å². The third-order valence-electron chi connectivity index (χ3n) is 2.79. The summed E-state index contributed by atoms with van der Waals surface area (Å²) in [6, 6.07) is 5.22. The van der Waals surface area contributed by atoms with E-state index in [1.807, 2.05) is 23.8 Å². The highest BCUT2D eigenvalue weighted by Crippen LogP contribution is 2.19. The van der Waals surface area contributed by atoms with Crippen LogP contribution in [0.5, 0.6) is 0 Å². The second-order valence-corrected chi connectivity index (χ2v) is 4.44. The quantitative estimate of drug-likeness (QED) is 0.896. The number of benzene rings is 1. The van der Waals surface area contributed by atoms with E-state index >= 15 is 0 Å². The van der Waals surface area contributed by atoms with Gasteiger partial charge in [0.1, 0.15) is 5.82 Å². The number of aromatic nitrogens is 2. The van der Waals surface area contributed by atoms with Crippen molar-refractivity contribution in [3.05, 3.63) is 41.5 Å². The van der Waals surface area contributed by atoms with E-state index < -0.39 is 0 Å². The minimum Gasteiger partial charge on any atom is -0.355 e. The van der Waals surface area contributed by atoms with Gasteiger partial charge in [-0.2, -0.15) is 0 Å². The molecule has 96 valence electrons. The summed E-state index contributed by atoms with van der Waals surface area (Å²) < 4.78 is 15.5. The second kappa shape index (κ2) is 5.21. The van der Waals surface area contributed by atoms with E-state index in [0.717, 1.165) is 30.3 Å². The standard InChI is InChI=1S/C14H18FN3/c1-4-7-16-14-17-11(3)9-18(14)12-6-5-10(2)13(15)8-12/h5-6,8-9H,4,7H2,1-3H3,(H,16,17). The molecule has 0 unspecified atom stereocenters. The van der Waals surface area contributed by atoms with E-state index in [4.69, 9.17) is 0 Å². The third kappa shape index (κ3) is 2.53. The number of nitrogens with zero attached hydrogens (tertiary/aromatic N) is 2. The highest BCUT2D eigenvalue weighted by Gasteiger charge is 2.08. The molecule has 0 fully saturated rings. The molecule has 0 saturated heterocycles. The van der Waals surface area contributed by atoms with E-state index in [1.165, 1.54) is 6.07 Å². The molecule has 0 aliphatic heterocycles. The van der Waals surface area contributed by atoms with Crippen LogP contribution in [0.4, 0.5) is 10.3 Å². The van der Waals surface area contributed by atoms with Crippen molar-refractivity contribution in [3.63, 3.8) is 0 Å². The summed E-state index contributed by atoms with van der Waals surface area (Å²) in [6.45, 7) is 6.64. The van der Waals surface area contributed by atoms with Crippen LogP contribution < -0.4 is 5.32 Å². The lowest BCUT2D eigenvalue weighted by atomic mass is 10.2. The third-order valence-corrected chi connectivity index (χ3v) is 2.79. The van der Waals surface area contributed by atoms with Gasteiger partial charge in [-0.1, -0.05) is 13.0 Å². The van der Waals surface area contributed by atoms with Gasteiger partial charge in [-0.05, 0) is 38.0 Å². The number of anilines is 1. The Morgan fingerprint density at radius 3 is 2.78 bits per heavy atom. The first-order valence-electron chi connectivity index (χ1n) is 6.18. The van der Waals surface area contributed by atoms with Crippen LogP contribution >= 0.6 is 0 Å². The minimum absolute atomic E-state index is 0.194. The van der Waals surface area contributed by atoms with Crippen LogP contribution in [0, 0.1) is 19.7 Å². The highest BCUT2D eigenvalue weighted by atomic mass is 19.1. The van der Waals surface area contributed by atoms with Crippen LogP contribution in [0.15, 0.2) is 24.4 Å². The van der Waals surface area contributed by atoms with E-state index in [0.29, 0.717) is 5.56 Å². The Morgan fingerprint density at radius 1 is 1.33 bits per heavy atom. The second-order valence-electron chi connectivity index (χ2n) is 4.44. The van der Waals surface area contributed by atoms with Gasteiger partial charge >= 0.3 is 0 Å². The lowest BCUT2D eigenvalue weighted by Gasteiger charge is -2.09. The first-order valence-corrected chi connectivity index (χ1v) is 6.18. The molecule has 1 heterocycles. The largest absolute Gasteiger partial charge is 0.355 e. The van der Waals surface area contributed by atoms with Gasteiger partial charge in [0.2, 0.25) is 5.95 Å². The Bertz CT molecular complexity index is 546. The average Bonchev–Trinajstić information content (AvgIpc) is 2.71. The SMILES string of the molecule is CCCNc1nc(C)cn1-c1ccc(C)c(F)c1. The molecule has 2 aromatic rings. The molecule has 0 aliphatic carbocycles. The van der Waals surface area contributed by atoms with Gasteiger partial charge in [0.05, 0.1) is 11.4 Å². The number of hydrogen-bond acceptors (Lipinski definition) is 2. The van der Waals surface area contributed by atoms with Gasteiger partial charge in [-0.25, -0.2) is 9.37 Å². The van der Waals surface area contributed by atoms with Gasteiger partial charge in [-0.3, -0.25) is 4.57 Å². The Morgan fingerprint density at radius 2 is 2.11 bits per heavy atom. The van der Waals surface area contributed by atoms with Gasteiger partial charge in [0, 0.05) is 12.7 Å². The number of halogens is 1. The Hall–Kier alpha value is -1.84. The van der Waals surface area contributed by atoms with Crippen LogP contribution in [-0.2, 0) is 0 Å². The molecule has 1 N–H and O–H groups in total. The minimum atomic E-state index is -0.194. The number of imidazole rings is 1. The number of aryl methyl sites for hydroxylation is 2. The Labute approximate surface area is 107 Å². The zero-order valence-electron chi connectivity index (χ0n) is 11.0. The molecule has 0 atom stereocenters. The van der Waals surface area contributed by atoms with Crippen LogP contribution in [0.3, 0.4) is 0 Å². The molecule has 0 amide bonds. The highest BCUT2D eigenvalue weighted by molar-refractivity contribution is 5.44. The lowest BCUT2D eigenvalue weighted by molar-refractivity contribution is 0.617. The molecule has 2 rings (SSSR count). The number of rotatable bonds is 4. The summed E-state index contributed by atoms with van der Waals surface area (Å²) in [7, 11) is 0. The molecule has 1 aromatic heterocycles. The fourth-order valence-corrected chi connectivity index (χ4v) is 1.79. The molecular formula is C14H18FN3. The van der Waals surface area contributed by atoms with Crippen molar-refractivity contribution in [1.82, 2.24) is 9.55 Å². The summed E-state index contributed by atoms with van der Waals surface area (Å²) in [5.74, 6) is 0.567. The fourth-order valence-electron chi connectivity index (χ4n) is 1.79. The van der Waals surface area contributed by atoms with E-state index in [2.05, 4.69) is 17.2 Å². The van der Waals surface area contributed by atoms with E-state index in [-0.39, 0.29) is 5.82 Å². The molecule has 1 aromatic carbocycles. The maximum absolute atomic E-state index is 13.6. The van der Waals surface area contributed by atoms with E-state index in [1.54, 1.807) is 13.0 Å². The van der Waals surface area contributed by atoms with Gasteiger partial charge in [0.25, 0.3) is 0 Å². The van der Waals surface area contributed by atoms with Gasteiger partial charge in [0.15, 0.2) is 0 Å². The summed E-state index contributed by atoms with van der Waals surface area (Å²) in [6.07, 6.45) is 2.93. The van der Waals surface area contributed by atoms with Crippen LogP contribution in [-0.4, -0.2) is 16.1 Å². The summed E-state index contributed by atoms with van der Waals surface area (Å²) in [5, 5.41) is 3.25. The first-order chi connectivity index (χ1) is 8.61. The summed E-state index contributed by atoms with van der Waals surface area (Å²) in [5.41, 5.74) is 2.35. The number of nitrogens with one attached hydrogen (secondary N) is 1. The van der Waals surface area contributed by atoms with E-state index in [9.17, 15) is 4.39 Å². The first kappa shape index (κ1) is 12.6. The molecule has 0 saturated carbocycles. The van der Waals surface area contributed by atoms with Crippen molar-refractivity contribution in [2.24, 2.45) is 0 Å². The summed E-state index contributed by atoms with van der Waals surface area (Å²) >= 11 is 0. The van der Waals surface area contributed by atoms with Crippen molar-refractivity contribution < 1.29 is 4.39 Å². The van der Waals surface area contributed by atoms with Crippen molar-refractivity contribution in [2.45, 2.75) is 27.2 Å². The molecule has 0 bridgehead atoms. The fraction of sp³-hybridized carbons (Fsp3) is 0.357. The Balaban J connectivity index is 2.39.